The molecule has 100 valence electrons. The molecule has 18 heavy (non-hydrogen) atoms. The van der Waals surface area contributed by atoms with Crippen LogP contribution in [0.1, 0.15) is 6.42 Å². The molecule has 0 spiro atoms. The smallest absolute Gasteiger partial charge is 0.243 e. The Morgan fingerprint density at radius 3 is 2.78 bits per heavy atom. The number of hydrogen-bond donors (Lipinski definition) is 1. The number of sulfonamides is 1. The Bertz CT molecular complexity index is 542. The van der Waals surface area contributed by atoms with E-state index in [4.69, 9.17) is 5.73 Å². The molecule has 2 N–H and O–H groups in total. The third-order valence-corrected chi connectivity index (χ3v) is 6.84. The van der Waals surface area contributed by atoms with Crippen molar-refractivity contribution in [1.29, 1.82) is 0 Å². The fraction of sp³-hybridized carbons (Fsp3) is 0.455. The minimum absolute atomic E-state index is 0.0878. The second kappa shape index (κ2) is 5.40. The van der Waals surface area contributed by atoms with Crippen LogP contribution in [0.25, 0.3) is 0 Å². The van der Waals surface area contributed by atoms with Gasteiger partial charge >= 0.3 is 0 Å². The van der Waals surface area contributed by atoms with Crippen molar-refractivity contribution < 1.29 is 8.42 Å². The van der Waals surface area contributed by atoms with Crippen LogP contribution < -0.4 is 5.73 Å². The van der Waals surface area contributed by atoms with E-state index in [0.717, 1.165) is 17.9 Å². The van der Waals surface area contributed by atoms with Gasteiger partial charge in [-0.15, -0.1) is 0 Å². The summed E-state index contributed by atoms with van der Waals surface area (Å²) >= 11 is 5.05. The standard InChI is InChI=1S/C11H15BrN2O2S2/c1-14(8-4-5-17-7-8)18(15,16)9-2-3-10(12)11(13)6-9/h2-3,6,8H,4-5,7,13H2,1H3. The number of nitrogens with two attached hydrogens (primary N) is 1. The fourth-order valence-corrected chi connectivity index (χ4v) is 4.88. The van der Waals surface area contributed by atoms with Crippen LogP contribution in [0, 0.1) is 0 Å². The third kappa shape index (κ3) is 2.68. The molecule has 1 aliphatic heterocycles. The summed E-state index contributed by atoms with van der Waals surface area (Å²) in [4.78, 5) is 0.252. The molecule has 1 heterocycles. The van der Waals surface area contributed by atoms with E-state index in [1.807, 2.05) is 0 Å². The molecule has 1 fully saturated rings. The minimum Gasteiger partial charge on any atom is -0.398 e. The van der Waals surface area contributed by atoms with Crippen molar-refractivity contribution in [3.05, 3.63) is 22.7 Å². The van der Waals surface area contributed by atoms with Crippen LogP contribution >= 0.6 is 27.7 Å². The van der Waals surface area contributed by atoms with Gasteiger partial charge in [-0.2, -0.15) is 16.1 Å². The number of nitrogens with zero attached hydrogens (tertiary/aromatic N) is 1. The lowest BCUT2D eigenvalue weighted by molar-refractivity contribution is 0.394. The molecule has 0 aromatic heterocycles. The van der Waals surface area contributed by atoms with Crippen molar-refractivity contribution in [2.75, 3.05) is 24.3 Å². The Balaban J connectivity index is 2.32. The highest BCUT2D eigenvalue weighted by atomic mass is 79.9. The SMILES string of the molecule is CN(C1CCSC1)S(=O)(=O)c1ccc(Br)c(N)c1. The van der Waals surface area contributed by atoms with Crippen LogP contribution in [0.5, 0.6) is 0 Å². The van der Waals surface area contributed by atoms with Gasteiger partial charge in [0.25, 0.3) is 0 Å². The van der Waals surface area contributed by atoms with Crippen molar-refractivity contribution in [2.24, 2.45) is 0 Å². The Morgan fingerprint density at radius 1 is 1.50 bits per heavy atom. The van der Waals surface area contributed by atoms with Gasteiger partial charge in [0.05, 0.1) is 4.90 Å². The van der Waals surface area contributed by atoms with E-state index in [1.54, 1.807) is 30.9 Å². The maximum Gasteiger partial charge on any atom is 0.243 e. The number of nitrogen functional groups attached to an aromatic ring is 1. The summed E-state index contributed by atoms with van der Waals surface area (Å²) in [6, 6.07) is 4.83. The zero-order chi connectivity index (χ0) is 13.3. The Morgan fingerprint density at radius 2 is 2.22 bits per heavy atom. The van der Waals surface area contributed by atoms with Crippen LogP contribution in [-0.4, -0.2) is 37.3 Å². The first kappa shape index (κ1) is 14.2. The van der Waals surface area contributed by atoms with Crippen molar-refractivity contribution in [3.63, 3.8) is 0 Å². The highest BCUT2D eigenvalue weighted by Gasteiger charge is 2.30. The zero-order valence-electron chi connectivity index (χ0n) is 9.97. The van der Waals surface area contributed by atoms with Crippen molar-refractivity contribution >= 4 is 43.4 Å². The van der Waals surface area contributed by atoms with Crippen LogP contribution in [-0.2, 0) is 10.0 Å². The summed E-state index contributed by atoms with van der Waals surface area (Å²) < 4.78 is 27.0. The van der Waals surface area contributed by atoms with E-state index < -0.39 is 10.0 Å². The summed E-state index contributed by atoms with van der Waals surface area (Å²) in [5, 5.41) is 0. The maximum atomic E-state index is 12.4. The first-order valence-corrected chi connectivity index (χ1v) is 8.92. The van der Waals surface area contributed by atoms with E-state index in [0.29, 0.717) is 10.2 Å². The van der Waals surface area contributed by atoms with E-state index in [9.17, 15) is 8.42 Å². The number of benzene rings is 1. The second-order valence-corrected chi connectivity index (χ2v) is 8.22. The predicted octanol–water partition coefficient (Wildman–Crippen LogP) is 2.16. The van der Waals surface area contributed by atoms with Gasteiger partial charge in [0.1, 0.15) is 0 Å². The first-order valence-electron chi connectivity index (χ1n) is 5.53. The van der Waals surface area contributed by atoms with Crippen LogP contribution in [0.15, 0.2) is 27.6 Å². The molecule has 1 aromatic rings. The summed E-state index contributed by atoms with van der Waals surface area (Å²) in [6.45, 7) is 0. The molecule has 1 saturated heterocycles. The summed E-state index contributed by atoms with van der Waals surface area (Å²) in [7, 11) is -1.80. The van der Waals surface area contributed by atoms with E-state index in [1.165, 1.54) is 10.4 Å². The molecule has 0 bridgehead atoms. The molecule has 1 atom stereocenters. The molecule has 1 unspecified atom stereocenters. The van der Waals surface area contributed by atoms with Gasteiger partial charge in [0.15, 0.2) is 0 Å². The summed E-state index contributed by atoms with van der Waals surface area (Å²) in [6.07, 6.45) is 0.909. The van der Waals surface area contributed by atoms with Gasteiger partial charge in [-0.1, -0.05) is 0 Å². The summed E-state index contributed by atoms with van der Waals surface area (Å²) in [5.41, 5.74) is 6.17. The van der Waals surface area contributed by atoms with Crippen LogP contribution in [0.4, 0.5) is 5.69 Å². The topological polar surface area (TPSA) is 63.4 Å². The number of anilines is 1. The molecule has 4 nitrogen and oxygen atoms in total. The second-order valence-electron chi connectivity index (χ2n) is 4.22. The summed E-state index contributed by atoms with van der Waals surface area (Å²) in [5.74, 6) is 1.88. The van der Waals surface area contributed by atoms with E-state index >= 15 is 0 Å². The maximum absolute atomic E-state index is 12.4. The van der Waals surface area contributed by atoms with Gasteiger partial charge in [-0.25, -0.2) is 8.42 Å². The molecule has 1 aromatic carbocycles. The molecule has 0 radical (unpaired) electrons. The number of rotatable bonds is 3. The number of halogens is 1. The Kier molecular flexibility index (Phi) is 4.25. The molecular weight excluding hydrogens is 336 g/mol. The number of thioether (sulfide) groups is 1. The van der Waals surface area contributed by atoms with Gasteiger partial charge in [0.2, 0.25) is 10.0 Å². The first-order chi connectivity index (χ1) is 8.43. The zero-order valence-corrected chi connectivity index (χ0v) is 13.2. The van der Waals surface area contributed by atoms with E-state index in [2.05, 4.69) is 15.9 Å². The average molecular weight is 351 g/mol. The van der Waals surface area contributed by atoms with Crippen molar-refractivity contribution in [3.8, 4) is 0 Å². The lowest BCUT2D eigenvalue weighted by Gasteiger charge is -2.23. The molecule has 2 rings (SSSR count). The predicted molar refractivity (Wildman–Crippen MR) is 79.2 cm³/mol. The molecule has 7 heteroatoms. The molecular formula is C11H15BrN2O2S2. The molecule has 0 saturated carbocycles. The van der Waals surface area contributed by atoms with Crippen molar-refractivity contribution in [2.45, 2.75) is 17.4 Å². The lowest BCUT2D eigenvalue weighted by atomic mass is 10.3. The van der Waals surface area contributed by atoms with E-state index in [-0.39, 0.29) is 10.9 Å². The highest BCUT2D eigenvalue weighted by Crippen LogP contribution is 2.28. The van der Waals surface area contributed by atoms with Crippen molar-refractivity contribution in [1.82, 2.24) is 4.31 Å². The highest BCUT2D eigenvalue weighted by molar-refractivity contribution is 9.10. The average Bonchev–Trinajstić information content (AvgIpc) is 2.85. The number of hydrogen-bond acceptors (Lipinski definition) is 4. The van der Waals surface area contributed by atoms with Crippen LogP contribution in [0.2, 0.25) is 0 Å². The van der Waals surface area contributed by atoms with Gasteiger partial charge < -0.3 is 5.73 Å². The normalized spacial score (nSPS) is 20.5. The minimum atomic E-state index is -3.44. The largest absolute Gasteiger partial charge is 0.398 e. The fourth-order valence-electron chi connectivity index (χ4n) is 1.85. The lowest BCUT2D eigenvalue weighted by Crippen LogP contribution is -2.36. The van der Waals surface area contributed by atoms with Gasteiger partial charge in [-0.3, -0.25) is 0 Å². The molecule has 0 amide bonds. The monoisotopic (exact) mass is 350 g/mol. The molecule has 1 aliphatic rings. The molecule has 0 aliphatic carbocycles. The third-order valence-electron chi connectivity index (χ3n) is 3.06. The Labute approximate surface area is 120 Å². The van der Waals surface area contributed by atoms with Crippen LogP contribution in [0.3, 0.4) is 0 Å². The van der Waals surface area contributed by atoms with Gasteiger partial charge in [0, 0.05) is 29.0 Å². The van der Waals surface area contributed by atoms with Gasteiger partial charge in [-0.05, 0) is 46.3 Å². The Hall–Kier alpha value is -0.240. The quantitative estimate of drug-likeness (QED) is 0.848.